The number of amides is 1. The molecule has 6 heteroatoms. The molecule has 0 saturated carbocycles. The van der Waals surface area contributed by atoms with Gasteiger partial charge in [0, 0.05) is 28.0 Å². The highest BCUT2D eigenvalue weighted by Crippen LogP contribution is 2.31. The Balaban J connectivity index is 1.39. The second-order valence-electron chi connectivity index (χ2n) is 6.04. The van der Waals surface area contributed by atoms with Crippen molar-refractivity contribution in [1.29, 1.82) is 0 Å². The van der Waals surface area contributed by atoms with Gasteiger partial charge in [-0.25, -0.2) is 0 Å². The maximum Gasteiger partial charge on any atom is 0.287 e. The van der Waals surface area contributed by atoms with Gasteiger partial charge in [-0.1, -0.05) is 23.4 Å². The minimum atomic E-state index is -0.132. The topological polar surface area (TPSA) is 54.3 Å². The van der Waals surface area contributed by atoms with Crippen molar-refractivity contribution in [2.24, 2.45) is 0 Å². The number of carbonyl (C=O) groups is 1. The van der Waals surface area contributed by atoms with Gasteiger partial charge < -0.3 is 15.1 Å². The second kappa shape index (κ2) is 6.23. The highest BCUT2D eigenvalue weighted by molar-refractivity contribution is 7.99. The van der Waals surface area contributed by atoms with E-state index in [1.165, 1.54) is 18.2 Å². The van der Waals surface area contributed by atoms with Crippen molar-refractivity contribution in [3.8, 4) is 0 Å². The van der Waals surface area contributed by atoms with Crippen LogP contribution < -0.4 is 10.6 Å². The number of rotatable bonds is 4. The van der Waals surface area contributed by atoms with Gasteiger partial charge in [-0.3, -0.25) is 4.79 Å². The van der Waals surface area contributed by atoms with E-state index in [2.05, 4.69) is 10.6 Å². The molecule has 1 amide bonds. The quantitative estimate of drug-likeness (QED) is 0.884. The maximum absolute atomic E-state index is 12.3. The number of nitrogens with one attached hydrogen (secondary N) is 2. The highest BCUT2D eigenvalue weighted by Gasteiger charge is 2.39. The van der Waals surface area contributed by atoms with Gasteiger partial charge in [0.2, 0.25) is 0 Å². The van der Waals surface area contributed by atoms with Crippen LogP contribution in [0.3, 0.4) is 0 Å². The zero-order chi connectivity index (χ0) is 15.8. The van der Waals surface area contributed by atoms with Gasteiger partial charge in [0.1, 0.15) is 0 Å². The van der Waals surface area contributed by atoms with Crippen LogP contribution in [-0.2, 0) is 0 Å². The van der Waals surface area contributed by atoms with E-state index in [1.807, 2.05) is 30.3 Å². The molecule has 0 aliphatic carbocycles. The molecule has 2 aliphatic heterocycles. The number of halogens is 1. The lowest BCUT2D eigenvalue weighted by Gasteiger charge is -2.20. The Kier molecular flexibility index (Phi) is 4.09. The fourth-order valence-corrected chi connectivity index (χ4v) is 4.24. The summed E-state index contributed by atoms with van der Waals surface area (Å²) in [5, 5.41) is 8.01. The Morgan fingerprint density at radius 3 is 2.74 bits per heavy atom. The van der Waals surface area contributed by atoms with E-state index in [1.54, 1.807) is 6.07 Å². The summed E-state index contributed by atoms with van der Waals surface area (Å²) in [6, 6.07) is 12.3. The zero-order valence-electron chi connectivity index (χ0n) is 12.4. The predicted molar refractivity (Wildman–Crippen MR) is 90.1 cm³/mol. The largest absolute Gasteiger partial charge is 0.444 e. The third-order valence-electron chi connectivity index (χ3n) is 4.45. The molecule has 2 aliphatic rings. The van der Waals surface area contributed by atoms with Crippen molar-refractivity contribution in [2.45, 2.75) is 47.4 Å². The average Bonchev–Trinajstić information content (AvgIpc) is 3.26. The standard InChI is InChI=1S/C17H17ClN2O2S/c18-10-1-4-12(5-2-10)23-16-8-7-15(22-16)17(21)20-14-9-11-3-6-13(14)19-11/h1-2,4-5,7-8,11,13-14,19H,3,6,9H2,(H,20,21)/t11-,13+,14-/m1/s1. The van der Waals surface area contributed by atoms with Gasteiger partial charge in [0.05, 0.1) is 0 Å². The summed E-state index contributed by atoms with van der Waals surface area (Å²) in [4.78, 5) is 13.3. The molecule has 2 N–H and O–H groups in total. The monoisotopic (exact) mass is 348 g/mol. The summed E-state index contributed by atoms with van der Waals surface area (Å²) in [7, 11) is 0. The van der Waals surface area contributed by atoms with Crippen molar-refractivity contribution >= 4 is 29.3 Å². The van der Waals surface area contributed by atoms with Gasteiger partial charge in [-0.15, -0.1) is 0 Å². The van der Waals surface area contributed by atoms with Crippen molar-refractivity contribution in [3.05, 3.63) is 47.2 Å². The molecular weight excluding hydrogens is 332 g/mol. The lowest BCUT2D eigenvalue weighted by molar-refractivity contribution is 0.0897. The molecule has 2 bridgehead atoms. The molecule has 23 heavy (non-hydrogen) atoms. The molecule has 1 aromatic carbocycles. The zero-order valence-corrected chi connectivity index (χ0v) is 14.0. The maximum atomic E-state index is 12.3. The normalized spacial score (nSPS) is 25.7. The Morgan fingerprint density at radius 1 is 1.22 bits per heavy atom. The summed E-state index contributed by atoms with van der Waals surface area (Å²) >= 11 is 7.35. The minimum absolute atomic E-state index is 0.132. The predicted octanol–water partition coefficient (Wildman–Crippen LogP) is 3.71. The van der Waals surface area contributed by atoms with Crippen LogP contribution in [0.15, 0.2) is 50.8 Å². The van der Waals surface area contributed by atoms with E-state index >= 15 is 0 Å². The Labute approximate surface area is 144 Å². The minimum Gasteiger partial charge on any atom is -0.444 e. The first-order valence-corrected chi connectivity index (χ1v) is 8.97. The molecule has 3 heterocycles. The molecular formula is C17H17ClN2O2S. The second-order valence-corrected chi connectivity index (χ2v) is 7.55. The third kappa shape index (κ3) is 3.27. The van der Waals surface area contributed by atoms with Crippen molar-refractivity contribution < 1.29 is 9.21 Å². The van der Waals surface area contributed by atoms with E-state index in [4.69, 9.17) is 16.0 Å². The molecule has 4 nitrogen and oxygen atoms in total. The third-order valence-corrected chi connectivity index (χ3v) is 5.63. The fourth-order valence-electron chi connectivity index (χ4n) is 3.34. The van der Waals surface area contributed by atoms with E-state index < -0.39 is 0 Å². The molecule has 4 rings (SSSR count). The Hall–Kier alpha value is -1.43. The summed E-state index contributed by atoms with van der Waals surface area (Å²) in [6.07, 6.45) is 3.38. The van der Waals surface area contributed by atoms with Gasteiger partial charge in [-0.05, 0) is 55.7 Å². The lowest BCUT2D eigenvalue weighted by atomic mass is 9.95. The molecule has 3 atom stereocenters. The van der Waals surface area contributed by atoms with Gasteiger partial charge in [0.15, 0.2) is 10.9 Å². The first-order valence-electron chi connectivity index (χ1n) is 7.77. The van der Waals surface area contributed by atoms with Gasteiger partial charge in [-0.2, -0.15) is 0 Å². The summed E-state index contributed by atoms with van der Waals surface area (Å²) in [6.45, 7) is 0. The molecule has 0 spiro atoms. The van der Waals surface area contributed by atoms with E-state index in [-0.39, 0.29) is 11.9 Å². The molecule has 0 radical (unpaired) electrons. The molecule has 2 fully saturated rings. The fraction of sp³-hybridized carbons (Fsp3) is 0.353. The molecule has 0 unspecified atom stereocenters. The SMILES string of the molecule is O=C(N[C@@H]1C[C@H]2CC[C@@H]1N2)c1ccc(Sc2ccc(Cl)cc2)o1. The van der Waals surface area contributed by atoms with Crippen LogP contribution >= 0.6 is 23.4 Å². The lowest BCUT2D eigenvalue weighted by Crippen LogP contribution is -2.42. The average molecular weight is 349 g/mol. The first-order chi connectivity index (χ1) is 11.2. The Morgan fingerprint density at radius 2 is 2.04 bits per heavy atom. The van der Waals surface area contributed by atoms with E-state index in [0.29, 0.717) is 28.0 Å². The molecule has 1 aromatic heterocycles. The summed E-state index contributed by atoms with van der Waals surface area (Å²) < 4.78 is 5.67. The van der Waals surface area contributed by atoms with E-state index in [9.17, 15) is 4.79 Å². The molecule has 120 valence electrons. The number of hydrogen-bond acceptors (Lipinski definition) is 4. The molecule has 2 saturated heterocycles. The highest BCUT2D eigenvalue weighted by atomic mass is 35.5. The smallest absolute Gasteiger partial charge is 0.287 e. The summed E-state index contributed by atoms with van der Waals surface area (Å²) in [5.41, 5.74) is 0. The van der Waals surface area contributed by atoms with Crippen molar-refractivity contribution in [3.63, 3.8) is 0 Å². The summed E-state index contributed by atoms with van der Waals surface area (Å²) in [5.74, 6) is 0.233. The van der Waals surface area contributed by atoms with Crippen LogP contribution in [0, 0.1) is 0 Å². The number of furan rings is 1. The van der Waals surface area contributed by atoms with Crippen LogP contribution in [-0.4, -0.2) is 24.0 Å². The number of fused-ring (bicyclic) bond motifs is 2. The number of carbonyl (C=O) groups excluding carboxylic acids is 1. The van der Waals surface area contributed by atoms with Crippen LogP contribution in [0.25, 0.3) is 0 Å². The van der Waals surface area contributed by atoms with Gasteiger partial charge >= 0.3 is 0 Å². The van der Waals surface area contributed by atoms with Gasteiger partial charge in [0.25, 0.3) is 5.91 Å². The van der Waals surface area contributed by atoms with Crippen LogP contribution in [0.4, 0.5) is 0 Å². The van der Waals surface area contributed by atoms with Crippen LogP contribution in [0.5, 0.6) is 0 Å². The van der Waals surface area contributed by atoms with Crippen molar-refractivity contribution in [1.82, 2.24) is 10.6 Å². The van der Waals surface area contributed by atoms with Crippen LogP contribution in [0.1, 0.15) is 29.8 Å². The number of hydrogen-bond donors (Lipinski definition) is 2. The Bertz CT molecular complexity index is 716. The molecule has 2 aromatic rings. The first kappa shape index (κ1) is 15.1. The number of benzene rings is 1. The van der Waals surface area contributed by atoms with Crippen molar-refractivity contribution in [2.75, 3.05) is 0 Å². The van der Waals surface area contributed by atoms with Crippen LogP contribution in [0.2, 0.25) is 5.02 Å². The van der Waals surface area contributed by atoms with E-state index in [0.717, 1.165) is 17.7 Å².